The van der Waals surface area contributed by atoms with Crippen LogP contribution in [0.4, 0.5) is 0 Å². The Balaban J connectivity index is 1.94. The van der Waals surface area contributed by atoms with Gasteiger partial charge in [-0.1, -0.05) is 32.5 Å². The molecule has 0 aromatic carbocycles. The van der Waals surface area contributed by atoms with Crippen LogP contribution in [0.15, 0.2) is 4.47 Å². The van der Waals surface area contributed by atoms with Crippen LogP contribution in [-0.4, -0.2) is 9.97 Å². The zero-order chi connectivity index (χ0) is 13.6. The number of hydrogen-bond acceptors (Lipinski definition) is 2. The maximum atomic E-state index is 5.42. The van der Waals surface area contributed by atoms with Crippen molar-refractivity contribution in [3.63, 3.8) is 0 Å². The number of aromatic amines is 1. The molecule has 2 bridgehead atoms. The lowest BCUT2D eigenvalue weighted by Crippen LogP contribution is -2.14. The van der Waals surface area contributed by atoms with Crippen molar-refractivity contribution in [2.45, 2.75) is 51.9 Å². The van der Waals surface area contributed by atoms with E-state index in [1.54, 1.807) is 0 Å². The van der Waals surface area contributed by atoms with Gasteiger partial charge in [0.15, 0.2) is 0 Å². The molecule has 3 unspecified atom stereocenters. The molecule has 104 valence electrons. The Morgan fingerprint density at radius 2 is 2.16 bits per heavy atom. The Morgan fingerprint density at radius 1 is 1.37 bits per heavy atom. The van der Waals surface area contributed by atoms with Crippen molar-refractivity contribution in [1.82, 2.24) is 9.97 Å². The first-order chi connectivity index (χ1) is 9.04. The molecular weight excluding hydrogens is 320 g/mol. The quantitative estimate of drug-likeness (QED) is 0.784. The van der Waals surface area contributed by atoms with E-state index in [2.05, 4.69) is 39.7 Å². The molecule has 0 saturated heterocycles. The Kier molecular flexibility index (Phi) is 3.82. The second-order valence-electron chi connectivity index (χ2n) is 6.60. The summed E-state index contributed by atoms with van der Waals surface area (Å²) in [4.78, 5) is 8.24. The topological polar surface area (TPSA) is 28.7 Å². The Bertz CT molecular complexity index is 537. The maximum Gasteiger partial charge on any atom is 0.144 e. The van der Waals surface area contributed by atoms with E-state index in [1.165, 1.54) is 31.4 Å². The summed E-state index contributed by atoms with van der Waals surface area (Å²) in [5.41, 5.74) is 1.23. The van der Waals surface area contributed by atoms with Crippen LogP contribution in [0.3, 0.4) is 0 Å². The zero-order valence-corrected chi connectivity index (χ0v) is 14.0. The van der Waals surface area contributed by atoms with Crippen molar-refractivity contribution in [1.29, 1.82) is 0 Å². The van der Waals surface area contributed by atoms with Gasteiger partial charge in [0.1, 0.15) is 10.5 Å². The van der Waals surface area contributed by atoms with E-state index >= 15 is 0 Å². The number of halogens is 1. The van der Waals surface area contributed by atoms with Crippen molar-refractivity contribution >= 4 is 28.1 Å². The van der Waals surface area contributed by atoms with Crippen molar-refractivity contribution in [2.75, 3.05) is 0 Å². The van der Waals surface area contributed by atoms with E-state index in [1.807, 2.05) is 0 Å². The van der Waals surface area contributed by atoms with Crippen LogP contribution < -0.4 is 0 Å². The first-order valence-electron chi connectivity index (χ1n) is 7.33. The maximum absolute atomic E-state index is 5.42. The average Bonchev–Trinajstić information content (AvgIpc) is 2.96. The minimum atomic E-state index is 0.622. The SMILES string of the molecule is CC(C)Cc1[nH]c(C2CC3CCC2C3)nc(=S)c1Br. The Labute approximate surface area is 128 Å². The summed E-state index contributed by atoms with van der Waals surface area (Å²) in [6.07, 6.45) is 6.55. The van der Waals surface area contributed by atoms with Gasteiger partial charge >= 0.3 is 0 Å². The molecule has 1 aromatic rings. The third-order valence-corrected chi connectivity index (χ3v) is 6.07. The highest BCUT2D eigenvalue weighted by molar-refractivity contribution is 9.10. The van der Waals surface area contributed by atoms with Gasteiger partial charge in [-0.2, -0.15) is 0 Å². The third kappa shape index (κ3) is 2.66. The van der Waals surface area contributed by atoms with E-state index in [0.717, 1.165) is 33.2 Å². The molecule has 19 heavy (non-hydrogen) atoms. The highest BCUT2D eigenvalue weighted by Gasteiger charge is 2.41. The summed E-state index contributed by atoms with van der Waals surface area (Å²) in [7, 11) is 0. The normalized spacial score (nSPS) is 29.4. The summed E-state index contributed by atoms with van der Waals surface area (Å²) < 4.78 is 1.72. The summed E-state index contributed by atoms with van der Waals surface area (Å²) in [6.45, 7) is 4.47. The van der Waals surface area contributed by atoms with Crippen LogP contribution in [0.5, 0.6) is 0 Å². The summed E-state index contributed by atoms with van der Waals surface area (Å²) in [5, 5.41) is 0. The van der Waals surface area contributed by atoms with Crippen LogP contribution in [0.1, 0.15) is 57.0 Å². The summed E-state index contributed by atoms with van der Waals surface area (Å²) >= 11 is 9.02. The van der Waals surface area contributed by atoms with Crippen LogP contribution in [-0.2, 0) is 6.42 Å². The number of fused-ring (bicyclic) bond motifs is 2. The molecule has 2 fully saturated rings. The molecule has 0 spiro atoms. The largest absolute Gasteiger partial charge is 0.346 e. The van der Waals surface area contributed by atoms with E-state index < -0.39 is 0 Å². The smallest absolute Gasteiger partial charge is 0.144 e. The number of aromatic nitrogens is 2. The lowest BCUT2D eigenvalue weighted by atomic mass is 9.88. The lowest BCUT2D eigenvalue weighted by molar-refractivity contribution is 0.403. The van der Waals surface area contributed by atoms with E-state index in [-0.39, 0.29) is 0 Å². The molecule has 3 rings (SSSR count). The van der Waals surface area contributed by atoms with Crippen LogP contribution in [0.25, 0.3) is 0 Å². The Hall–Kier alpha value is -0.220. The van der Waals surface area contributed by atoms with Crippen molar-refractivity contribution in [3.05, 3.63) is 20.6 Å². The van der Waals surface area contributed by atoms with Crippen molar-refractivity contribution < 1.29 is 0 Å². The second-order valence-corrected chi connectivity index (χ2v) is 7.78. The van der Waals surface area contributed by atoms with Gasteiger partial charge in [0.05, 0.1) is 4.47 Å². The fraction of sp³-hybridized carbons (Fsp3) is 0.733. The molecule has 3 atom stereocenters. The van der Waals surface area contributed by atoms with Gasteiger partial charge in [0, 0.05) is 11.6 Å². The number of nitrogens with one attached hydrogen (secondary N) is 1. The molecule has 1 heterocycles. The average molecular weight is 341 g/mol. The molecule has 0 aliphatic heterocycles. The molecule has 2 aliphatic carbocycles. The monoisotopic (exact) mass is 340 g/mol. The van der Waals surface area contributed by atoms with Gasteiger partial charge in [0.25, 0.3) is 0 Å². The predicted octanol–water partition coefficient (Wildman–Crippen LogP) is 5.00. The zero-order valence-electron chi connectivity index (χ0n) is 11.6. The molecule has 0 radical (unpaired) electrons. The minimum Gasteiger partial charge on any atom is -0.346 e. The van der Waals surface area contributed by atoms with E-state index in [4.69, 9.17) is 12.2 Å². The second kappa shape index (κ2) is 5.28. The minimum absolute atomic E-state index is 0.622. The number of H-pyrrole nitrogens is 1. The van der Waals surface area contributed by atoms with Gasteiger partial charge in [-0.25, -0.2) is 4.98 Å². The van der Waals surface area contributed by atoms with Crippen molar-refractivity contribution in [3.8, 4) is 0 Å². The predicted molar refractivity (Wildman–Crippen MR) is 83.9 cm³/mol. The van der Waals surface area contributed by atoms with Crippen LogP contribution in [0.2, 0.25) is 0 Å². The van der Waals surface area contributed by atoms with Gasteiger partial charge < -0.3 is 4.98 Å². The standard InChI is InChI=1S/C15H21BrN2S/c1-8(2)5-12-13(16)15(19)18-14(17-12)11-7-9-3-4-10(11)6-9/h8-11H,3-7H2,1-2H3,(H,17,18,19). The molecule has 2 saturated carbocycles. The summed E-state index contributed by atoms with van der Waals surface area (Å²) in [5.74, 6) is 4.18. The molecular formula is C15H21BrN2S. The highest BCUT2D eigenvalue weighted by Crippen LogP contribution is 2.52. The van der Waals surface area contributed by atoms with Crippen molar-refractivity contribution in [2.24, 2.45) is 17.8 Å². The van der Waals surface area contributed by atoms with Crippen LogP contribution >= 0.6 is 28.1 Å². The van der Waals surface area contributed by atoms with Gasteiger partial charge in [0.2, 0.25) is 0 Å². The molecule has 4 heteroatoms. The number of hydrogen-bond donors (Lipinski definition) is 1. The summed E-state index contributed by atoms with van der Waals surface area (Å²) in [6, 6.07) is 0. The molecule has 1 N–H and O–H groups in total. The molecule has 0 amide bonds. The number of rotatable bonds is 3. The van der Waals surface area contributed by atoms with Gasteiger partial charge in [-0.05, 0) is 59.4 Å². The first-order valence-corrected chi connectivity index (χ1v) is 8.53. The first kappa shape index (κ1) is 13.7. The third-order valence-electron chi connectivity index (χ3n) is 4.66. The fourth-order valence-corrected chi connectivity index (χ4v) is 4.40. The molecule has 1 aromatic heterocycles. The van der Waals surface area contributed by atoms with Crippen LogP contribution in [0, 0.1) is 22.4 Å². The number of nitrogens with zero attached hydrogens (tertiary/aromatic N) is 1. The molecule has 2 nitrogen and oxygen atoms in total. The van der Waals surface area contributed by atoms with Gasteiger partial charge in [-0.3, -0.25) is 0 Å². The Morgan fingerprint density at radius 3 is 2.74 bits per heavy atom. The lowest BCUT2D eigenvalue weighted by Gasteiger charge is -2.22. The fourth-order valence-electron chi connectivity index (χ4n) is 3.83. The van der Waals surface area contributed by atoms with E-state index in [0.29, 0.717) is 11.8 Å². The molecule has 2 aliphatic rings. The van der Waals surface area contributed by atoms with Gasteiger partial charge in [-0.15, -0.1) is 0 Å². The highest BCUT2D eigenvalue weighted by atomic mass is 79.9. The van der Waals surface area contributed by atoms with E-state index in [9.17, 15) is 0 Å².